The molecule has 0 atom stereocenters. The van der Waals surface area contributed by atoms with E-state index in [1.807, 2.05) is 12.1 Å². The smallest absolute Gasteiger partial charge is 0.123 e. The number of nitrogens with two attached hydrogens (primary N) is 1. The van der Waals surface area contributed by atoms with Gasteiger partial charge in [0.1, 0.15) is 12.4 Å². The summed E-state index contributed by atoms with van der Waals surface area (Å²) in [7, 11) is 0. The predicted octanol–water partition coefficient (Wildman–Crippen LogP) is 3.30. The van der Waals surface area contributed by atoms with E-state index in [-0.39, 0.29) is 0 Å². The van der Waals surface area contributed by atoms with Crippen molar-refractivity contribution in [2.45, 2.75) is 20.3 Å². The third-order valence-electron chi connectivity index (χ3n) is 2.17. The Balaban J connectivity index is 2.74. The highest BCUT2D eigenvalue weighted by atomic mass is 79.9. The highest BCUT2D eigenvalue weighted by Gasteiger charge is 2.03. The fourth-order valence-electron chi connectivity index (χ4n) is 1.34. The number of halogens is 1. The molecule has 0 aliphatic carbocycles. The average molecular weight is 284 g/mol. The van der Waals surface area contributed by atoms with E-state index in [1.165, 1.54) is 5.57 Å². The molecule has 3 heteroatoms. The van der Waals surface area contributed by atoms with Crippen LogP contribution in [0.25, 0.3) is 0 Å². The zero-order valence-corrected chi connectivity index (χ0v) is 11.4. The van der Waals surface area contributed by atoms with Crippen LogP contribution in [0.5, 0.6) is 5.75 Å². The fraction of sp³-hybridized carbons (Fsp3) is 0.385. The first-order valence-corrected chi connectivity index (χ1v) is 6.17. The second kappa shape index (κ2) is 6.71. The van der Waals surface area contributed by atoms with Crippen molar-refractivity contribution in [2.24, 2.45) is 5.73 Å². The van der Waals surface area contributed by atoms with Gasteiger partial charge in [-0.2, -0.15) is 0 Å². The number of hydrogen-bond acceptors (Lipinski definition) is 2. The largest absolute Gasteiger partial charge is 0.489 e. The zero-order chi connectivity index (χ0) is 12.0. The van der Waals surface area contributed by atoms with E-state index >= 15 is 0 Å². The van der Waals surface area contributed by atoms with Crippen LogP contribution in [0.1, 0.15) is 19.4 Å². The van der Waals surface area contributed by atoms with Gasteiger partial charge in [0.15, 0.2) is 0 Å². The molecule has 16 heavy (non-hydrogen) atoms. The first kappa shape index (κ1) is 13.3. The molecule has 0 saturated carbocycles. The van der Waals surface area contributed by atoms with Crippen molar-refractivity contribution >= 4 is 15.9 Å². The molecule has 0 amide bonds. The van der Waals surface area contributed by atoms with Crippen molar-refractivity contribution < 1.29 is 4.74 Å². The normalized spacial score (nSPS) is 10.0. The highest BCUT2D eigenvalue weighted by Crippen LogP contribution is 2.23. The van der Waals surface area contributed by atoms with E-state index in [0.717, 1.165) is 22.2 Å². The molecule has 0 heterocycles. The Labute approximate surface area is 106 Å². The molecule has 2 N–H and O–H groups in total. The van der Waals surface area contributed by atoms with Crippen LogP contribution in [0.4, 0.5) is 0 Å². The number of hydrogen-bond donors (Lipinski definition) is 1. The summed E-state index contributed by atoms with van der Waals surface area (Å²) in [6.45, 7) is 5.37. The molecule has 1 aromatic rings. The van der Waals surface area contributed by atoms with Gasteiger partial charge in [0.25, 0.3) is 0 Å². The average Bonchev–Trinajstić information content (AvgIpc) is 2.21. The van der Waals surface area contributed by atoms with Gasteiger partial charge in [-0.25, -0.2) is 0 Å². The molecule has 0 unspecified atom stereocenters. The van der Waals surface area contributed by atoms with Crippen molar-refractivity contribution in [3.05, 3.63) is 39.9 Å². The van der Waals surface area contributed by atoms with E-state index in [2.05, 4.69) is 41.9 Å². The minimum absolute atomic E-state index is 0.613. The van der Waals surface area contributed by atoms with E-state index in [0.29, 0.717) is 13.2 Å². The van der Waals surface area contributed by atoms with E-state index < -0.39 is 0 Å². The zero-order valence-electron chi connectivity index (χ0n) is 9.79. The lowest BCUT2D eigenvalue weighted by atomic mass is 10.1. The van der Waals surface area contributed by atoms with Crippen LogP contribution in [0.2, 0.25) is 0 Å². The van der Waals surface area contributed by atoms with Gasteiger partial charge in [0.05, 0.1) is 0 Å². The summed E-state index contributed by atoms with van der Waals surface area (Å²) < 4.78 is 6.76. The standard InChI is InChI=1S/C13H18BrNO/c1-10(2)6-8-16-13-4-3-12(14)9-11(13)5-7-15/h3-4,6,9H,5,7-8,15H2,1-2H3. The van der Waals surface area contributed by atoms with E-state index in [1.54, 1.807) is 0 Å². The molecule has 88 valence electrons. The molecule has 0 saturated heterocycles. The molecule has 1 rings (SSSR count). The second-order valence-electron chi connectivity index (χ2n) is 3.88. The second-order valence-corrected chi connectivity index (χ2v) is 4.80. The number of ether oxygens (including phenoxy) is 1. The van der Waals surface area contributed by atoms with Gasteiger partial charge >= 0.3 is 0 Å². The van der Waals surface area contributed by atoms with Crippen molar-refractivity contribution in [2.75, 3.05) is 13.2 Å². The Morgan fingerprint density at radius 3 is 2.81 bits per heavy atom. The molecule has 2 nitrogen and oxygen atoms in total. The monoisotopic (exact) mass is 283 g/mol. The van der Waals surface area contributed by atoms with Gasteiger partial charge in [-0.3, -0.25) is 0 Å². The molecular formula is C13H18BrNO. The van der Waals surface area contributed by atoms with Crippen LogP contribution < -0.4 is 10.5 Å². The van der Waals surface area contributed by atoms with Crippen LogP contribution >= 0.6 is 15.9 Å². The summed E-state index contributed by atoms with van der Waals surface area (Å²) in [5.74, 6) is 0.922. The molecule has 0 bridgehead atoms. The topological polar surface area (TPSA) is 35.2 Å². The number of allylic oxidation sites excluding steroid dienone is 1. The highest BCUT2D eigenvalue weighted by molar-refractivity contribution is 9.10. The first-order valence-electron chi connectivity index (χ1n) is 5.38. The minimum atomic E-state index is 0.613. The Bertz CT molecular complexity index is 370. The van der Waals surface area contributed by atoms with Gasteiger partial charge in [-0.05, 0) is 56.7 Å². The quantitative estimate of drug-likeness (QED) is 0.842. The first-order chi connectivity index (χ1) is 7.63. The van der Waals surface area contributed by atoms with Gasteiger partial charge in [-0.1, -0.05) is 21.5 Å². The SMILES string of the molecule is CC(C)=CCOc1ccc(Br)cc1CCN. The molecule has 0 aromatic heterocycles. The maximum Gasteiger partial charge on any atom is 0.123 e. The summed E-state index contributed by atoms with van der Waals surface area (Å²) >= 11 is 3.45. The molecule has 0 aliphatic rings. The van der Waals surface area contributed by atoms with E-state index in [4.69, 9.17) is 10.5 Å². The number of rotatable bonds is 5. The Morgan fingerprint density at radius 1 is 1.44 bits per heavy atom. The van der Waals surface area contributed by atoms with Gasteiger partial charge in [-0.15, -0.1) is 0 Å². The van der Waals surface area contributed by atoms with Crippen molar-refractivity contribution in [1.29, 1.82) is 0 Å². The van der Waals surface area contributed by atoms with Crippen LogP contribution in [-0.4, -0.2) is 13.2 Å². The summed E-state index contributed by atoms with van der Waals surface area (Å²) in [6, 6.07) is 6.02. The number of benzene rings is 1. The maximum absolute atomic E-state index is 5.70. The van der Waals surface area contributed by atoms with Gasteiger partial charge in [0.2, 0.25) is 0 Å². The minimum Gasteiger partial charge on any atom is -0.489 e. The molecule has 0 aliphatic heterocycles. The Hall–Kier alpha value is -0.800. The summed E-state index contributed by atoms with van der Waals surface area (Å²) in [6.07, 6.45) is 2.90. The Morgan fingerprint density at radius 2 is 2.19 bits per heavy atom. The van der Waals surface area contributed by atoms with Gasteiger partial charge < -0.3 is 10.5 Å². The molecular weight excluding hydrogens is 266 g/mol. The Kier molecular flexibility index (Phi) is 5.56. The third-order valence-corrected chi connectivity index (χ3v) is 2.66. The summed E-state index contributed by atoms with van der Waals surface area (Å²) in [5.41, 5.74) is 7.99. The maximum atomic E-state index is 5.70. The van der Waals surface area contributed by atoms with Crippen LogP contribution in [0.15, 0.2) is 34.3 Å². The summed E-state index contributed by atoms with van der Waals surface area (Å²) in [4.78, 5) is 0. The lowest BCUT2D eigenvalue weighted by Crippen LogP contribution is -2.05. The molecule has 1 aromatic carbocycles. The predicted molar refractivity (Wildman–Crippen MR) is 71.8 cm³/mol. The lowest BCUT2D eigenvalue weighted by molar-refractivity contribution is 0.358. The van der Waals surface area contributed by atoms with Crippen LogP contribution in [-0.2, 0) is 6.42 Å². The van der Waals surface area contributed by atoms with Crippen LogP contribution in [0, 0.1) is 0 Å². The van der Waals surface area contributed by atoms with Crippen molar-refractivity contribution in [3.8, 4) is 5.75 Å². The van der Waals surface area contributed by atoms with Crippen molar-refractivity contribution in [1.82, 2.24) is 0 Å². The molecule has 0 spiro atoms. The molecule has 0 fully saturated rings. The third kappa shape index (κ3) is 4.37. The fourth-order valence-corrected chi connectivity index (χ4v) is 1.75. The van der Waals surface area contributed by atoms with Crippen molar-refractivity contribution in [3.63, 3.8) is 0 Å². The van der Waals surface area contributed by atoms with Gasteiger partial charge in [0, 0.05) is 4.47 Å². The van der Waals surface area contributed by atoms with Crippen LogP contribution in [0.3, 0.4) is 0 Å². The van der Waals surface area contributed by atoms with E-state index in [9.17, 15) is 0 Å². The summed E-state index contributed by atoms with van der Waals surface area (Å²) in [5, 5.41) is 0. The molecule has 0 radical (unpaired) electrons. The lowest BCUT2D eigenvalue weighted by Gasteiger charge is -2.10.